The Labute approximate surface area is 57.3 Å². The Kier molecular flexibility index (Phi) is 1.49. The van der Waals surface area contributed by atoms with Crippen molar-refractivity contribution in [3.63, 3.8) is 0 Å². The molecule has 0 heterocycles. The molecule has 1 aromatic rings. The van der Waals surface area contributed by atoms with Crippen molar-refractivity contribution in [1.29, 1.82) is 0 Å². The van der Waals surface area contributed by atoms with E-state index in [1.54, 1.807) is 0 Å². The van der Waals surface area contributed by atoms with E-state index in [-0.39, 0.29) is 16.5 Å². The van der Waals surface area contributed by atoms with Gasteiger partial charge in [-0.1, -0.05) is 23.4 Å². The second-order valence-corrected chi connectivity index (χ2v) is 2.02. The summed E-state index contributed by atoms with van der Waals surface area (Å²) in [7, 11) is 0. The molecule has 1 N–H and O–H groups in total. The maximum atomic E-state index is 10.5. The third-order valence-electron chi connectivity index (χ3n) is 0.915. The minimum Gasteiger partial charge on any atom is -0.871 e. The van der Waals surface area contributed by atoms with Gasteiger partial charge in [0.15, 0.2) is 0 Å². The number of hydrogen-bond donors (Lipinski definition) is 1. The standard InChI is InChI=1S/C6H5ClO2/c7-5-3-4(8)1-2-6(5)9/h1-3,8-9H/p-1. The second kappa shape index (κ2) is 2.15. The topological polar surface area (TPSA) is 43.3 Å². The van der Waals surface area contributed by atoms with E-state index in [1.165, 1.54) is 18.2 Å². The Bertz CT molecular complexity index is 222. The van der Waals surface area contributed by atoms with E-state index < -0.39 is 0 Å². The number of halogens is 1. The highest BCUT2D eigenvalue weighted by Gasteiger charge is 1.89. The summed E-state index contributed by atoms with van der Waals surface area (Å²) in [5.74, 6) is -0.255. The van der Waals surface area contributed by atoms with Crippen LogP contribution in [0.1, 0.15) is 0 Å². The molecule has 0 fully saturated rings. The van der Waals surface area contributed by atoms with Gasteiger partial charge in [0.05, 0.1) is 0 Å². The van der Waals surface area contributed by atoms with Crippen molar-refractivity contribution < 1.29 is 10.2 Å². The number of hydrogen-bond acceptors (Lipinski definition) is 2. The summed E-state index contributed by atoms with van der Waals surface area (Å²) in [5.41, 5.74) is 0. The van der Waals surface area contributed by atoms with E-state index >= 15 is 0 Å². The molecule has 0 spiro atoms. The number of phenolic OH excluding ortho intramolecular Hbond substituents is 1. The van der Waals surface area contributed by atoms with Gasteiger partial charge in [0.2, 0.25) is 0 Å². The summed E-state index contributed by atoms with van der Waals surface area (Å²) in [5, 5.41) is 19.3. The molecular formula is C6H4ClO2-. The number of benzene rings is 1. The highest BCUT2D eigenvalue weighted by molar-refractivity contribution is 6.32. The van der Waals surface area contributed by atoms with Gasteiger partial charge in [-0.25, -0.2) is 0 Å². The highest BCUT2D eigenvalue weighted by atomic mass is 35.5. The van der Waals surface area contributed by atoms with Gasteiger partial charge in [0, 0.05) is 5.02 Å². The van der Waals surface area contributed by atoms with Crippen LogP contribution in [-0.2, 0) is 0 Å². The first-order valence-corrected chi connectivity index (χ1v) is 2.73. The fourth-order valence-electron chi connectivity index (χ4n) is 0.490. The zero-order valence-electron chi connectivity index (χ0n) is 4.47. The molecule has 0 amide bonds. The van der Waals surface area contributed by atoms with Gasteiger partial charge < -0.3 is 10.2 Å². The number of aromatic hydroxyl groups is 1. The van der Waals surface area contributed by atoms with Gasteiger partial charge in [0.1, 0.15) is 5.75 Å². The lowest BCUT2D eigenvalue weighted by Gasteiger charge is -2.05. The lowest BCUT2D eigenvalue weighted by atomic mass is 10.3. The minimum absolute atomic E-state index is 0.0135. The third-order valence-corrected chi connectivity index (χ3v) is 1.21. The van der Waals surface area contributed by atoms with Gasteiger partial charge in [0.25, 0.3) is 0 Å². The Morgan fingerprint density at radius 1 is 1.44 bits per heavy atom. The molecule has 0 saturated heterocycles. The summed E-state index contributed by atoms with van der Waals surface area (Å²) in [4.78, 5) is 0. The van der Waals surface area contributed by atoms with Gasteiger partial charge >= 0.3 is 0 Å². The normalized spacial score (nSPS) is 9.44. The van der Waals surface area contributed by atoms with Crippen LogP contribution in [0.5, 0.6) is 11.5 Å². The SMILES string of the molecule is [O-]c1ccc(O)cc1Cl. The summed E-state index contributed by atoms with van der Waals surface area (Å²) in [6, 6.07) is 3.73. The van der Waals surface area contributed by atoms with Crippen molar-refractivity contribution in [2.45, 2.75) is 0 Å². The Balaban J connectivity index is 3.17. The van der Waals surface area contributed by atoms with Crippen molar-refractivity contribution in [2.24, 2.45) is 0 Å². The van der Waals surface area contributed by atoms with E-state index in [0.717, 1.165) is 0 Å². The van der Waals surface area contributed by atoms with Crippen molar-refractivity contribution in [2.75, 3.05) is 0 Å². The van der Waals surface area contributed by atoms with Crippen LogP contribution in [-0.4, -0.2) is 5.11 Å². The van der Waals surface area contributed by atoms with Crippen LogP contribution < -0.4 is 5.11 Å². The van der Waals surface area contributed by atoms with E-state index in [0.29, 0.717) is 0 Å². The highest BCUT2D eigenvalue weighted by Crippen LogP contribution is 2.23. The van der Waals surface area contributed by atoms with Crippen LogP contribution >= 0.6 is 11.6 Å². The zero-order chi connectivity index (χ0) is 6.85. The number of phenols is 1. The maximum absolute atomic E-state index is 10.5. The zero-order valence-corrected chi connectivity index (χ0v) is 5.22. The van der Waals surface area contributed by atoms with Gasteiger partial charge in [-0.15, -0.1) is 0 Å². The van der Waals surface area contributed by atoms with E-state index in [2.05, 4.69) is 0 Å². The molecule has 9 heavy (non-hydrogen) atoms. The monoisotopic (exact) mass is 143 g/mol. The van der Waals surface area contributed by atoms with E-state index in [4.69, 9.17) is 16.7 Å². The Hall–Kier alpha value is -0.890. The smallest absolute Gasteiger partial charge is 0.117 e. The molecule has 0 atom stereocenters. The molecule has 48 valence electrons. The van der Waals surface area contributed by atoms with Gasteiger partial charge in [-0.05, 0) is 12.1 Å². The van der Waals surface area contributed by atoms with Crippen LogP contribution in [0.3, 0.4) is 0 Å². The Morgan fingerprint density at radius 2 is 2.11 bits per heavy atom. The average molecular weight is 144 g/mol. The summed E-state index contributed by atoms with van der Waals surface area (Å²) in [6.45, 7) is 0. The van der Waals surface area contributed by atoms with E-state index in [9.17, 15) is 5.11 Å². The van der Waals surface area contributed by atoms with Crippen LogP contribution in [0.4, 0.5) is 0 Å². The maximum Gasteiger partial charge on any atom is 0.117 e. The van der Waals surface area contributed by atoms with Crippen LogP contribution in [0.15, 0.2) is 18.2 Å². The fraction of sp³-hybridized carbons (Fsp3) is 0. The first-order chi connectivity index (χ1) is 4.20. The van der Waals surface area contributed by atoms with Gasteiger partial charge in [-0.2, -0.15) is 0 Å². The molecule has 2 nitrogen and oxygen atoms in total. The largest absolute Gasteiger partial charge is 0.871 e. The lowest BCUT2D eigenvalue weighted by molar-refractivity contribution is -0.268. The van der Waals surface area contributed by atoms with Crippen molar-refractivity contribution in [3.8, 4) is 11.5 Å². The average Bonchev–Trinajstić information content (AvgIpc) is 1.80. The molecule has 0 aromatic heterocycles. The van der Waals surface area contributed by atoms with Crippen LogP contribution in [0, 0.1) is 0 Å². The summed E-state index contributed by atoms with van der Waals surface area (Å²) in [6.07, 6.45) is 0. The summed E-state index contributed by atoms with van der Waals surface area (Å²) < 4.78 is 0. The molecule has 0 aliphatic heterocycles. The molecule has 1 aromatic carbocycles. The van der Waals surface area contributed by atoms with Crippen LogP contribution in [0.2, 0.25) is 5.02 Å². The molecule has 1 rings (SSSR count). The quantitative estimate of drug-likeness (QED) is 0.592. The molecule has 0 bridgehead atoms. The van der Waals surface area contributed by atoms with Crippen molar-refractivity contribution in [3.05, 3.63) is 23.2 Å². The molecule has 0 radical (unpaired) electrons. The molecule has 0 aliphatic carbocycles. The predicted molar refractivity (Wildman–Crippen MR) is 32.6 cm³/mol. The summed E-state index contributed by atoms with van der Waals surface area (Å²) >= 11 is 5.34. The van der Waals surface area contributed by atoms with Crippen molar-refractivity contribution >= 4 is 11.6 Å². The molecule has 0 saturated carbocycles. The molecule has 3 heteroatoms. The van der Waals surface area contributed by atoms with Crippen molar-refractivity contribution in [1.82, 2.24) is 0 Å². The molecule has 0 unspecified atom stereocenters. The molecule has 0 aliphatic rings. The first-order valence-electron chi connectivity index (χ1n) is 2.35. The molecular weight excluding hydrogens is 140 g/mol. The van der Waals surface area contributed by atoms with Gasteiger partial charge in [-0.3, -0.25) is 0 Å². The predicted octanol–water partition coefficient (Wildman–Crippen LogP) is 1.12. The fourth-order valence-corrected chi connectivity index (χ4v) is 0.665. The van der Waals surface area contributed by atoms with E-state index in [1.807, 2.05) is 0 Å². The van der Waals surface area contributed by atoms with Crippen LogP contribution in [0.25, 0.3) is 0 Å². The first kappa shape index (κ1) is 6.23. The third kappa shape index (κ3) is 1.27. The lowest BCUT2D eigenvalue weighted by Crippen LogP contribution is -1.88. The minimum atomic E-state index is -0.269. The second-order valence-electron chi connectivity index (χ2n) is 1.61. The Morgan fingerprint density at radius 3 is 2.56 bits per heavy atom. The number of rotatable bonds is 0.